The van der Waals surface area contributed by atoms with Gasteiger partial charge in [0.15, 0.2) is 11.5 Å². The first-order valence-electron chi connectivity index (χ1n) is 9.21. The summed E-state index contributed by atoms with van der Waals surface area (Å²) in [7, 11) is 0. The van der Waals surface area contributed by atoms with Crippen LogP contribution in [-0.4, -0.2) is 24.9 Å². The summed E-state index contributed by atoms with van der Waals surface area (Å²) in [5.41, 5.74) is 0.922. The molecule has 3 rings (SSSR count). The van der Waals surface area contributed by atoms with Crippen LogP contribution < -0.4 is 14.8 Å². The van der Waals surface area contributed by atoms with Gasteiger partial charge in [0, 0.05) is 17.4 Å². The first-order chi connectivity index (χ1) is 13.4. The molecule has 28 heavy (non-hydrogen) atoms. The highest BCUT2D eigenvalue weighted by molar-refractivity contribution is 8.00. The Morgan fingerprint density at radius 2 is 1.86 bits per heavy atom. The third-order valence-corrected chi connectivity index (χ3v) is 5.42. The third-order valence-electron chi connectivity index (χ3n) is 4.37. The normalized spacial score (nSPS) is 14.5. The molecule has 2 aromatic carbocycles. The number of thioether (sulfide) groups is 1. The lowest BCUT2D eigenvalue weighted by atomic mass is 9.95. The van der Waals surface area contributed by atoms with E-state index >= 15 is 0 Å². The summed E-state index contributed by atoms with van der Waals surface area (Å²) in [6, 6.07) is 8.80. The number of nitrogens with one attached hydrogen (secondary N) is 1. The SMILES string of the molecule is CC(C)C(NC(=O)CSc1ccc(F)cc1F)c1ccc2c(c1)OCCCO2. The standard InChI is InChI=1S/C21H23F2NO3S/c1-13(2)21(14-4-6-17-18(10-14)27-9-3-8-26-17)24-20(25)12-28-19-7-5-15(22)11-16(19)23/h4-7,10-11,13,21H,3,8-9,12H2,1-2H3,(H,24,25). The Balaban J connectivity index is 1.67. The zero-order valence-corrected chi connectivity index (χ0v) is 16.7. The third kappa shape index (κ3) is 5.16. The molecule has 0 saturated carbocycles. The molecule has 0 saturated heterocycles. The summed E-state index contributed by atoms with van der Waals surface area (Å²) in [6.45, 7) is 5.24. The predicted octanol–water partition coefficient (Wildman–Crippen LogP) is 4.73. The molecular formula is C21H23F2NO3S. The van der Waals surface area contributed by atoms with Gasteiger partial charge in [-0.3, -0.25) is 4.79 Å². The van der Waals surface area contributed by atoms with Crippen LogP contribution in [0.5, 0.6) is 11.5 Å². The molecule has 0 spiro atoms. The van der Waals surface area contributed by atoms with Crippen molar-refractivity contribution in [1.82, 2.24) is 5.32 Å². The van der Waals surface area contributed by atoms with Crippen molar-refractivity contribution < 1.29 is 23.0 Å². The number of carbonyl (C=O) groups excluding carboxylic acids is 1. The molecule has 0 aliphatic carbocycles. The van der Waals surface area contributed by atoms with Gasteiger partial charge >= 0.3 is 0 Å². The highest BCUT2D eigenvalue weighted by Crippen LogP contribution is 2.34. The van der Waals surface area contributed by atoms with Crippen LogP contribution in [0.25, 0.3) is 0 Å². The molecule has 0 bridgehead atoms. The van der Waals surface area contributed by atoms with E-state index in [-0.39, 0.29) is 28.5 Å². The lowest BCUT2D eigenvalue weighted by Gasteiger charge is -2.24. The maximum Gasteiger partial charge on any atom is 0.230 e. The topological polar surface area (TPSA) is 47.6 Å². The van der Waals surface area contributed by atoms with Gasteiger partial charge in [-0.15, -0.1) is 11.8 Å². The Morgan fingerprint density at radius 3 is 2.57 bits per heavy atom. The monoisotopic (exact) mass is 407 g/mol. The molecule has 1 aliphatic heterocycles. The van der Waals surface area contributed by atoms with E-state index in [1.807, 2.05) is 32.0 Å². The lowest BCUT2D eigenvalue weighted by Crippen LogP contribution is -2.33. The molecule has 0 radical (unpaired) electrons. The number of halogens is 2. The fourth-order valence-corrected chi connectivity index (χ4v) is 3.69. The van der Waals surface area contributed by atoms with Gasteiger partial charge in [-0.25, -0.2) is 8.78 Å². The van der Waals surface area contributed by atoms with Crippen LogP contribution in [0.3, 0.4) is 0 Å². The van der Waals surface area contributed by atoms with Crippen molar-refractivity contribution in [3.05, 3.63) is 53.6 Å². The Bertz CT molecular complexity index is 844. The largest absolute Gasteiger partial charge is 0.490 e. The minimum absolute atomic E-state index is 0.0380. The van der Waals surface area contributed by atoms with Crippen LogP contribution in [0.4, 0.5) is 8.78 Å². The van der Waals surface area contributed by atoms with Crippen LogP contribution in [0, 0.1) is 17.6 Å². The molecule has 150 valence electrons. The van der Waals surface area contributed by atoms with Gasteiger partial charge in [0.25, 0.3) is 0 Å². The maximum atomic E-state index is 13.7. The molecule has 1 unspecified atom stereocenters. The number of fused-ring (bicyclic) bond motifs is 1. The molecule has 0 fully saturated rings. The summed E-state index contributed by atoms with van der Waals surface area (Å²) in [5.74, 6) is 0.0358. The van der Waals surface area contributed by atoms with Gasteiger partial charge in [-0.1, -0.05) is 19.9 Å². The van der Waals surface area contributed by atoms with Crippen molar-refractivity contribution in [3.8, 4) is 11.5 Å². The molecular weight excluding hydrogens is 384 g/mol. The van der Waals surface area contributed by atoms with Gasteiger partial charge in [0.1, 0.15) is 11.6 Å². The second-order valence-electron chi connectivity index (χ2n) is 6.91. The molecule has 1 amide bonds. The zero-order valence-electron chi connectivity index (χ0n) is 15.8. The Labute approximate surface area is 167 Å². The van der Waals surface area contributed by atoms with Crippen LogP contribution in [0.2, 0.25) is 0 Å². The molecule has 7 heteroatoms. The van der Waals surface area contributed by atoms with Crippen molar-refractivity contribution in [2.45, 2.75) is 31.2 Å². The average molecular weight is 407 g/mol. The quantitative estimate of drug-likeness (QED) is 0.703. The Kier molecular flexibility index (Phi) is 6.78. The van der Waals surface area contributed by atoms with E-state index in [2.05, 4.69) is 5.32 Å². The molecule has 1 N–H and O–H groups in total. The van der Waals surface area contributed by atoms with Crippen molar-refractivity contribution >= 4 is 17.7 Å². The number of amides is 1. The second-order valence-corrected chi connectivity index (χ2v) is 7.93. The minimum Gasteiger partial charge on any atom is -0.490 e. The number of hydrogen-bond acceptors (Lipinski definition) is 4. The predicted molar refractivity (Wildman–Crippen MR) is 105 cm³/mol. The number of hydrogen-bond donors (Lipinski definition) is 1. The molecule has 2 aromatic rings. The molecule has 1 aliphatic rings. The number of benzene rings is 2. The van der Waals surface area contributed by atoms with E-state index in [1.165, 1.54) is 12.1 Å². The maximum absolute atomic E-state index is 13.7. The number of carbonyl (C=O) groups is 1. The van der Waals surface area contributed by atoms with Gasteiger partial charge in [-0.05, 0) is 35.7 Å². The number of ether oxygens (including phenoxy) is 2. The van der Waals surface area contributed by atoms with Gasteiger partial charge in [-0.2, -0.15) is 0 Å². The van der Waals surface area contributed by atoms with Crippen molar-refractivity contribution in [3.63, 3.8) is 0 Å². The highest BCUT2D eigenvalue weighted by atomic mass is 32.2. The summed E-state index contributed by atoms with van der Waals surface area (Å²) in [6.07, 6.45) is 0.825. The van der Waals surface area contributed by atoms with E-state index in [9.17, 15) is 13.6 Å². The van der Waals surface area contributed by atoms with Crippen LogP contribution in [-0.2, 0) is 4.79 Å². The Hall–Kier alpha value is -2.28. The zero-order chi connectivity index (χ0) is 20.1. The van der Waals surface area contributed by atoms with Gasteiger partial charge in [0.05, 0.1) is 25.0 Å². The van der Waals surface area contributed by atoms with E-state index < -0.39 is 11.6 Å². The van der Waals surface area contributed by atoms with Crippen molar-refractivity contribution in [2.75, 3.05) is 19.0 Å². The Morgan fingerprint density at radius 1 is 1.11 bits per heavy atom. The van der Waals surface area contributed by atoms with Crippen molar-refractivity contribution in [2.24, 2.45) is 5.92 Å². The van der Waals surface area contributed by atoms with E-state index in [0.29, 0.717) is 24.7 Å². The molecule has 0 aromatic heterocycles. The summed E-state index contributed by atoms with van der Waals surface area (Å²) < 4.78 is 38.1. The van der Waals surface area contributed by atoms with Crippen LogP contribution in [0.15, 0.2) is 41.3 Å². The van der Waals surface area contributed by atoms with Gasteiger partial charge < -0.3 is 14.8 Å². The number of rotatable bonds is 6. The molecule has 1 heterocycles. The summed E-state index contributed by atoms with van der Waals surface area (Å²) >= 11 is 1.04. The molecule has 4 nitrogen and oxygen atoms in total. The summed E-state index contributed by atoms with van der Waals surface area (Å²) in [5, 5.41) is 3.00. The minimum atomic E-state index is -0.666. The first kappa shape index (κ1) is 20.5. The van der Waals surface area contributed by atoms with E-state index in [4.69, 9.17) is 9.47 Å². The van der Waals surface area contributed by atoms with E-state index in [0.717, 1.165) is 29.8 Å². The lowest BCUT2D eigenvalue weighted by molar-refractivity contribution is -0.119. The fraction of sp³-hybridized carbons (Fsp3) is 0.381. The fourth-order valence-electron chi connectivity index (χ4n) is 2.96. The second kappa shape index (κ2) is 9.28. The molecule has 1 atom stereocenters. The van der Waals surface area contributed by atoms with Gasteiger partial charge in [0.2, 0.25) is 5.91 Å². The average Bonchev–Trinajstić information content (AvgIpc) is 2.90. The van der Waals surface area contributed by atoms with Crippen molar-refractivity contribution in [1.29, 1.82) is 0 Å². The summed E-state index contributed by atoms with van der Waals surface area (Å²) in [4.78, 5) is 12.7. The van der Waals surface area contributed by atoms with Crippen LogP contribution in [0.1, 0.15) is 31.9 Å². The first-order valence-corrected chi connectivity index (χ1v) is 10.2. The smallest absolute Gasteiger partial charge is 0.230 e. The highest BCUT2D eigenvalue weighted by Gasteiger charge is 2.21. The van der Waals surface area contributed by atoms with Crippen LogP contribution >= 0.6 is 11.8 Å². The van der Waals surface area contributed by atoms with E-state index in [1.54, 1.807) is 0 Å².